The van der Waals surface area contributed by atoms with Crippen molar-refractivity contribution in [1.29, 1.82) is 0 Å². The van der Waals surface area contributed by atoms with E-state index in [1.807, 2.05) is 18.3 Å². The number of pyridine rings is 1. The van der Waals surface area contributed by atoms with E-state index in [4.69, 9.17) is 0 Å². The third-order valence-electron chi connectivity index (χ3n) is 6.79. The smallest absolute Gasteiger partial charge is 0.269 e. The first-order valence-corrected chi connectivity index (χ1v) is 10.4. The SMILES string of the molecule is CCC(C)(CC)C1=CC(N2CCN(c3ccc(C(=O)NC)nc3)CC2)CC1. The van der Waals surface area contributed by atoms with Gasteiger partial charge in [-0.1, -0.05) is 32.4 Å². The molecule has 1 amide bonds. The lowest BCUT2D eigenvalue weighted by Gasteiger charge is -2.38. The van der Waals surface area contributed by atoms with Crippen LogP contribution in [0, 0.1) is 5.41 Å². The molecule has 148 valence electrons. The van der Waals surface area contributed by atoms with E-state index in [9.17, 15) is 4.79 Å². The molecule has 2 heterocycles. The summed E-state index contributed by atoms with van der Waals surface area (Å²) in [4.78, 5) is 20.9. The molecular weight excluding hydrogens is 336 g/mol. The van der Waals surface area contributed by atoms with E-state index in [-0.39, 0.29) is 5.91 Å². The maximum Gasteiger partial charge on any atom is 0.269 e. The number of hydrogen-bond donors (Lipinski definition) is 1. The topological polar surface area (TPSA) is 48.5 Å². The van der Waals surface area contributed by atoms with Gasteiger partial charge in [0.2, 0.25) is 0 Å². The summed E-state index contributed by atoms with van der Waals surface area (Å²) < 4.78 is 0. The van der Waals surface area contributed by atoms with Crippen LogP contribution in [0.5, 0.6) is 0 Å². The Hall–Kier alpha value is -1.88. The lowest BCUT2D eigenvalue weighted by atomic mass is 9.77. The lowest BCUT2D eigenvalue weighted by Crippen LogP contribution is -2.49. The van der Waals surface area contributed by atoms with Crippen LogP contribution in [0.3, 0.4) is 0 Å². The van der Waals surface area contributed by atoms with Gasteiger partial charge in [0.1, 0.15) is 5.69 Å². The number of hydrogen-bond acceptors (Lipinski definition) is 4. The van der Waals surface area contributed by atoms with E-state index in [1.54, 1.807) is 12.6 Å². The highest BCUT2D eigenvalue weighted by Crippen LogP contribution is 2.41. The summed E-state index contributed by atoms with van der Waals surface area (Å²) in [6, 6.07) is 4.42. The molecular formula is C22H34N4O. The number of anilines is 1. The first kappa shape index (κ1) is 19.9. The quantitative estimate of drug-likeness (QED) is 0.779. The molecule has 0 spiro atoms. The molecule has 1 atom stereocenters. The molecule has 2 aliphatic rings. The van der Waals surface area contributed by atoms with Crippen LogP contribution in [-0.2, 0) is 0 Å². The van der Waals surface area contributed by atoms with Crippen molar-refractivity contribution in [3.63, 3.8) is 0 Å². The highest BCUT2D eigenvalue weighted by molar-refractivity contribution is 5.92. The average molecular weight is 371 g/mol. The Morgan fingerprint density at radius 2 is 1.93 bits per heavy atom. The minimum atomic E-state index is -0.138. The zero-order valence-electron chi connectivity index (χ0n) is 17.3. The zero-order valence-corrected chi connectivity index (χ0v) is 17.3. The van der Waals surface area contributed by atoms with E-state index in [0.717, 1.165) is 31.9 Å². The summed E-state index contributed by atoms with van der Waals surface area (Å²) in [5.74, 6) is -0.138. The Morgan fingerprint density at radius 3 is 2.48 bits per heavy atom. The second-order valence-electron chi connectivity index (χ2n) is 8.07. The average Bonchev–Trinajstić information content (AvgIpc) is 3.24. The van der Waals surface area contributed by atoms with Gasteiger partial charge in [-0.25, -0.2) is 4.98 Å². The van der Waals surface area contributed by atoms with Gasteiger partial charge in [0.15, 0.2) is 0 Å². The van der Waals surface area contributed by atoms with Crippen molar-refractivity contribution in [3.05, 3.63) is 35.7 Å². The molecule has 1 aromatic heterocycles. The molecule has 0 saturated carbocycles. The predicted octanol–water partition coefficient (Wildman–Crippen LogP) is 3.48. The van der Waals surface area contributed by atoms with Crippen molar-refractivity contribution in [3.8, 4) is 0 Å². The fourth-order valence-electron chi connectivity index (χ4n) is 4.34. The number of nitrogens with one attached hydrogen (secondary N) is 1. The number of rotatable bonds is 6. The van der Waals surface area contributed by atoms with Crippen LogP contribution in [0.15, 0.2) is 30.0 Å². The number of nitrogens with zero attached hydrogens (tertiary/aromatic N) is 3. The van der Waals surface area contributed by atoms with E-state index >= 15 is 0 Å². The largest absolute Gasteiger partial charge is 0.368 e. The van der Waals surface area contributed by atoms with Crippen LogP contribution in [0.1, 0.15) is 56.9 Å². The van der Waals surface area contributed by atoms with Crippen molar-refractivity contribution in [2.75, 3.05) is 38.1 Å². The van der Waals surface area contributed by atoms with Crippen LogP contribution in [-0.4, -0.2) is 55.1 Å². The lowest BCUT2D eigenvalue weighted by molar-refractivity contribution is 0.0958. The highest BCUT2D eigenvalue weighted by atomic mass is 16.1. The number of carbonyl (C=O) groups is 1. The Balaban J connectivity index is 1.58. The Morgan fingerprint density at radius 1 is 1.22 bits per heavy atom. The van der Waals surface area contributed by atoms with E-state index in [2.05, 4.69) is 46.9 Å². The van der Waals surface area contributed by atoms with Crippen molar-refractivity contribution in [2.45, 2.75) is 52.5 Å². The molecule has 0 radical (unpaired) electrons. The van der Waals surface area contributed by atoms with Gasteiger partial charge in [0.25, 0.3) is 5.91 Å². The van der Waals surface area contributed by atoms with Crippen LogP contribution >= 0.6 is 0 Å². The third-order valence-corrected chi connectivity index (χ3v) is 6.79. The summed E-state index contributed by atoms with van der Waals surface area (Å²) >= 11 is 0. The molecule has 0 aromatic carbocycles. The van der Waals surface area contributed by atoms with E-state index < -0.39 is 0 Å². The van der Waals surface area contributed by atoms with Gasteiger partial charge in [-0.05, 0) is 43.2 Å². The summed E-state index contributed by atoms with van der Waals surface area (Å²) in [5, 5.41) is 2.61. The molecule has 1 aliphatic carbocycles. The van der Waals surface area contributed by atoms with Crippen LogP contribution in [0.4, 0.5) is 5.69 Å². The maximum atomic E-state index is 11.6. The van der Waals surface area contributed by atoms with Gasteiger partial charge in [-0.2, -0.15) is 0 Å². The van der Waals surface area contributed by atoms with Crippen molar-refractivity contribution in [1.82, 2.24) is 15.2 Å². The Bertz CT molecular complexity index is 670. The zero-order chi connectivity index (χ0) is 19.4. The Kier molecular flexibility index (Phi) is 6.20. The molecule has 5 heteroatoms. The molecule has 0 bridgehead atoms. The molecule has 5 nitrogen and oxygen atoms in total. The number of aromatic nitrogens is 1. The van der Waals surface area contributed by atoms with Crippen LogP contribution < -0.4 is 10.2 Å². The second kappa shape index (κ2) is 8.42. The van der Waals surface area contributed by atoms with Gasteiger partial charge in [-0.15, -0.1) is 0 Å². The van der Waals surface area contributed by atoms with Crippen molar-refractivity contribution >= 4 is 11.6 Å². The molecule has 1 aromatic rings. The number of carbonyl (C=O) groups excluding carboxylic acids is 1. The first-order chi connectivity index (χ1) is 13.0. The highest BCUT2D eigenvalue weighted by Gasteiger charge is 2.32. The fourth-order valence-corrected chi connectivity index (χ4v) is 4.34. The maximum absolute atomic E-state index is 11.6. The summed E-state index contributed by atoms with van der Waals surface area (Å²) in [5.41, 5.74) is 3.64. The molecule has 27 heavy (non-hydrogen) atoms. The van der Waals surface area contributed by atoms with Gasteiger partial charge < -0.3 is 10.2 Å². The summed E-state index contributed by atoms with van der Waals surface area (Å²) in [7, 11) is 1.63. The number of allylic oxidation sites excluding steroid dienone is 1. The summed E-state index contributed by atoms with van der Waals surface area (Å²) in [6.07, 6.45) is 9.38. The molecule has 3 rings (SSSR count). The third kappa shape index (κ3) is 4.18. The fraction of sp³-hybridized carbons (Fsp3) is 0.636. The minimum absolute atomic E-state index is 0.138. The Labute approximate surface area is 163 Å². The molecule has 1 N–H and O–H groups in total. The summed E-state index contributed by atoms with van der Waals surface area (Å²) in [6.45, 7) is 11.3. The first-order valence-electron chi connectivity index (χ1n) is 10.4. The normalized spacial score (nSPS) is 21.3. The van der Waals surface area contributed by atoms with Gasteiger partial charge in [0, 0.05) is 39.3 Å². The number of piperazine rings is 1. The van der Waals surface area contributed by atoms with E-state index in [1.165, 1.54) is 25.7 Å². The second-order valence-corrected chi connectivity index (χ2v) is 8.07. The van der Waals surface area contributed by atoms with Crippen molar-refractivity contribution < 1.29 is 4.79 Å². The van der Waals surface area contributed by atoms with Crippen LogP contribution in [0.2, 0.25) is 0 Å². The van der Waals surface area contributed by atoms with Gasteiger partial charge in [0.05, 0.1) is 11.9 Å². The van der Waals surface area contributed by atoms with Gasteiger partial charge in [-0.3, -0.25) is 9.69 Å². The molecule has 1 saturated heterocycles. The standard InChI is InChI=1S/C22H34N4O/c1-5-22(3,6-2)17-7-8-18(15-17)25-11-13-26(14-12-25)19-9-10-20(24-16-19)21(27)23-4/h9-10,15-16,18H,5-8,11-14H2,1-4H3,(H,23,27). The molecule has 1 fully saturated rings. The van der Waals surface area contributed by atoms with Crippen LogP contribution in [0.25, 0.3) is 0 Å². The number of amides is 1. The molecule has 1 aliphatic heterocycles. The predicted molar refractivity (Wildman–Crippen MR) is 111 cm³/mol. The van der Waals surface area contributed by atoms with Gasteiger partial charge >= 0.3 is 0 Å². The van der Waals surface area contributed by atoms with E-state index in [0.29, 0.717) is 17.2 Å². The minimum Gasteiger partial charge on any atom is -0.368 e. The van der Waals surface area contributed by atoms with Crippen molar-refractivity contribution in [2.24, 2.45) is 5.41 Å². The monoisotopic (exact) mass is 370 g/mol. The molecule has 1 unspecified atom stereocenters.